The summed E-state index contributed by atoms with van der Waals surface area (Å²) < 4.78 is 0. The maximum absolute atomic E-state index is 3.59. The van der Waals surface area contributed by atoms with Gasteiger partial charge in [0.25, 0.3) is 0 Å². The topological polar surface area (TPSA) is 15.3 Å². The zero-order chi connectivity index (χ0) is 13.1. The number of nitrogens with one attached hydrogen (secondary N) is 1. The van der Waals surface area contributed by atoms with Gasteiger partial charge >= 0.3 is 0 Å². The second-order valence-corrected chi connectivity index (χ2v) is 5.25. The Morgan fingerprint density at radius 3 is 2.57 bits per heavy atom. The van der Waals surface area contributed by atoms with E-state index in [0.717, 1.165) is 13.1 Å². The first kappa shape index (κ1) is 17.8. The molecule has 21 heavy (non-hydrogen) atoms. The van der Waals surface area contributed by atoms with E-state index in [1.807, 2.05) is 0 Å². The van der Waals surface area contributed by atoms with Crippen LogP contribution in [0.15, 0.2) is 54.1 Å². The Hall–Kier alpha value is -1.22. The van der Waals surface area contributed by atoms with E-state index < -0.39 is 0 Å². The van der Waals surface area contributed by atoms with Gasteiger partial charge in [-0.15, -0.1) is 24.8 Å². The molecule has 1 heterocycles. The first-order valence-electron chi connectivity index (χ1n) is 6.91. The number of anilines is 1. The summed E-state index contributed by atoms with van der Waals surface area (Å²) in [5.74, 6) is 0. The number of halogens is 2. The zero-order valence-corrected chi connectivity index (χ0v) is 13.8. The molecule has 3 rings (SSSR count). The van der Waals surface area contributed by atoms with Crippen LogP contribution in [-0.4, -0.2) is 31.6 Å². The van der Waals surface area contributed by atoms with E-state index >= 15 is 0 Å². The highest BCUT2D eigenvalue weighted by atomic mass is 35.5. The molecule has 0 radical (unpaired) electrons. The second-order valence-electron chi connectivity index (χ2n) is 5.25. The van der Waals surface area contributed by atoms with Gasteiger partial charge in [0.1, 0.15) is 0 Å². The predicted octanol–water partition coefficient (Wildman–Crippen LogP) is 4.36. The van der Waals surface area contributed by atoms with E-state index in [2.05, 4.69) is 65.8 Å². The van der Waals surface area contributed by atoms with Gasteiger partial charge < -0.3 is 10.2 Å². The van der Waals surface area contributed by atoms with E-state index in [1.165, 1.54) is 35.0 Å². The molecular weight excluding hydrogens is 303 g/mol. The first-order chi connectivity index (χ1) is 9.33. The van der Waals surface area contributed by atoms with Crippen LogP contribution in [-0.2, 0) is 0 Å². The lowest BCUT2D eigenvalue weighted by atomic mass is 10.1. The highest BCUT2D eigenvalue weighted by Crippen LogP contribution is 2.23. The summed E-state index contributed by atoms with van der Waals surface area (Å²) in [5, 5.41) is 6.19. The molecule has 2 nitrogen and oxygen atoms in total. The molecule has 0 aromatic heterocycles. The van der Waals surface area contributed by atoms with Gasteiger partial charge in [0, 0.05) is 30.7 Å². The van der Waals surface area contributed by atoms with Crippen molar-refractivity contribution >= 4 is 41.3 Å². The Balaban J connectivity index is 0.00000110. The molecular formula is C17H22Cl2N2. The molecule has 1 N–H and O–H groups in total. The third-order valence-electron chi connectivity index (χ3n) is 3.80. The van der Waals surface area contributed by atoms with Gasteiger partial charge in [-0.1, -0.05) is 48.0 Å². The lowest BCUT2D eigenvalue weighted by Gasteiger charge is -2.22. The number of rotatable bonds is 3. The molecule has 0 spiro atoms. The van der Waals surface area contributed by atoms with Gasteiger partial charge in [0.05, 0.1) is 0 Å². The van der Waals surface area contributed by atoms with E-state index in [4.69, 9.17) is 0 Å². The number of nitrogens with zero attached hydrogens (tertiary/aromatic N) is 1. The fourth-order valence-corrected chi connectivity index (χ4v) is 2.56. The van der Waals surface area contributed by atoms with Gasteiger partial charge in [-0.05, 0) is 24.9 Å². The van der Waals surface area contributed by atoms with Crippen LogP contribution in [0.1, 0.15) is 6.42 Å². The van der Waals surface area contributed by atoms with Gasteiger partial charge in [-0.2, -0.15) is 0 Å². The molecule has 0 amide bonds. The van der Waals surface area contributed by atoms with E-state index in [1.54, 1.807) is 0 Å². The van der Waals surface area contributed by atoms with Crippen LogP contribution in [0.3, 0.4) is 0 Å². The smallest absolute Gasteiger partial charge is 0.0422 e. The monoisotopic (exact) mass is 324 g/mol. The summed E-state index contributed by atoms with van der Waals surface area (Å²) in [7, 11) is 2.17. The van der Waals surface area contributed by atoms with Crippen molar-refractivity contribution in [2.24, 2.45) is 0 Å². The predicted molar refractivity (Wildman–Crippen MR) is 97.1 cm³/mol. The third kappa shape index (κ3) is 4.37. The van der Waals surface area contributed by atoms with E-state index in [0.29, 0.717) is 0 Å². The Bertz CT molecular complexity index is 605. The lowest BCUT2D eigenvalue weighted by molar-refractivity contribution is 0.358. The second kappa shape index (κ2) is 8.28. The van der Waals surface area contributed by atoms with Crippen LogP contribution < -0.4 is 5.32 Å². The van der Waals surface area contributed by atoms with Crippen molar-refractivity contribution in [3.8, 4) is 0 Å². The summed E-state index contributed by atoms with van der Waals surface area (Å²) in [6, 6.07) is 15.0. The molecule has 0 atom stereocenters. The van der Waals surface area contributed by atoms with Crippen molar-refractivity contribution in [2.45, 2.75) is 6.42 Å². The van der Waals surface area contributed by atoms with Crippen LogP contribution in [0.25, 0.3) is 10.8 Å². The molecule has 0 aliphatic carbocycles. The third-order valence-corrected chi connectivity index (χ3v) is 3.80. The Morgan fingerprint density at radius 2 is 1.81 bits per heavy atom. The van der Waals surface area contributed by atoms with Crippen LogP contribution in [0, 0.1) is 0 Å². The summed E-state index contributed by atoms with van der Waals surface area (Å²) in [6.45, 7) is 3.21. The van der Waals surface area contributed by atoms with Gasteiger partial charge in [0.2, 0.25) is 0 Å². The molecule has 2 aromatic rings. The highest BCUT2D eigenvalue weighted by Gasteiger charge is 2.07. The average Bonchev–Trinajstić information content (AvgIpc) is 2.47. The molecule has 0 saturated carbocycles. The number of hydrogen-bond donors (Lipinski definition) is 1. The molecule has 0 bridgehead atoms. The van der Waals surface area contributed by atoms with Crippen molar-refractivity contribution in [3.63, 3.8) is 0 Å². The Kier molecular flexibility index (Phi) is 7.03. The standard InChI is InChI=1S/C17H20N2.2ClH/c1-19-11-9-14(10-12-19)13-18-17-8-4-6-15-5-2-3-7-16(15)17;;/h2-9,18H,10-13H2,1H3;2*1H. The zero-order valence-electron chi connectivity index (χ0n) is 12.2. The Labute approximate surface area is 139 Å². The maximum Gasteiger partial charge on any atom is 0.0422 e. The van der Waals surface area contributed by atoms with Crippen molar-refractivity contribution in [1.82, 2.24) is 4.90 Å². The van der Waals surface area contributed by atoms with Crippen LogP contribution in [0.4, 0.5) is 5.69 Å². The minimum Gasteiger partial charge on any atom is -0.381 e. The molecule has 1 aliphatic heterocycles. The number of benzene rings is 2. The summed E-state index contributed by atoms with van der Waals surface area (Å²) in [4.78, 5) is 2.35. The SMILES string of the molecule is CN1CC=C(CNc2cccc3ccccc23)CC1.Cl.Cl. The molecule has 2 aromatic carbocycles. The molecule has 0 fully saturated rings. The minimum atomic E-state index is 0. The van der Waals surface area contributed by atoms with Crippen LogP contribution in [0.2, 0.25) is 0 Å². The molecule has 4 heteroatoms. The summed E-state index contributed by atoms with van der Waals surface area (Å²) >= 11 is 0. The normalized spacial score (nSPS) is 14.8. The average molecular weight is 325 g/mol. The maximum atomic E-state index is 3.59. The number of fused-ring (bicyclic) bond motifs is 1. The molecule has 0 saturated heterocycles. The summed E-state index contributed by atoms with van der Waals surface area (Å²) in [6.07, 6.45) is 3.52. The van der Waals surface area contributed by atoms with Gasteiger partial charge in [0.15, 0.2) is 0 Å². The molecule has 1 aliphatic rings. The fourth-order valence-electron chi connectivity index (χ4n) is 2.56. The number of likely N-dealkylation sites (N-methyl/N-ethyl adjacent to an activating group) is 1. The van der Waals surface area contributed by atoms with Crippen molar-refractivity contribution in [2.75, 3.05) is 32.0 Å². The Morgan fingerprint density at radius 1 is 1.05 bits per heavy atom. The molecule has 0 unspecified atom stereocenters. The number of hydrogen-bond acceptors (Lipinski definition) is 2. The minimum absolute atomic E-state index is 0. The lowest BCUT2D eigenvalue weighted by Crippen LogP contribution is -2.25. The van der Waals surface area contributed by atoms with Crippen LogP contribution >= 0.6 is 24.8 Å². The van der Waals surface area contributed by atoms with Crippen LogP contribution in [0.5, 0.6) is 0 Å². The van der Waals surface area contributed by atoms with E-state index in [-0.39, 0.29) is 24.8 Å². The van der Waals surface area contributed by atoms with Crippen molar-refractivity contribution in [3.05, 3.63) is 54.1 Å². The van der Waals surface area contributed by atoms with E-state index in [9.17, 15) is 0 Å². The van der Waals surface area contributed by atoms with Gasteiger partial charge in [-0.3, -0.25) is 0 Å². The van der Waals surface area contributed by atoms with Gasteiger partial charge in [-0.25, -0.2) is 0 Å². The fraction of sp³-hybridized carbons (Fsp3) is 0.294. The highest BCUT2D eigenvalue weighted by molar-refractivity contribution is 5.93. The quantitative estimate of drug-likeness (QED) is 0.844. The summed E-state index contributed by atoms with van der Waals surface area (Å²) in [5.41, 5.74) is 2.75. The van der Waals surface area contributed by atoms with Crippen molar-refractivity contribution in [1.29, 1.82) is 0 Å². The van der Waals surface area contributed by atoms with Crippen molar-refractivity contribution < 1.29 is 0 Å². The first-order valence-corrected chi connectivity index (χ1v) is 6.91. The molecule has 114 valence electrons. The largest absolute Gasteiger partial charge is 0.381 e.